The molecule has 0 aliphatic carbocycles. The summed E-state index contributed by atoms with van der Waals surface area (Å²) in [5.74, 6) is -1.20. The Hall–Kier alpha value is -3.15. The fourth-order valence-electron chi connectivity index (χ4n) is 2.19. The van der Waals surface area contributed by atoms with Crippen molar-refractivity contribution in [3.63, 3.8) is 0 Å². The van der Waals surface area contributed by atoms with E-state index in [2.05, 4.69) is 10.3 Å². The third-order valence-corrected chi connectivity index (χ3v) is 5.15. The van der Waals surface area contributed by atoms with E-state index in [-0.39, 0.29) is 17.1 Å². The van der Waals surface area contributed by atoms with Gasteiger partial charge in [0.05, 0.1) is 5.69 Å². The Bertz CT molecular complexity index is 1040. The first kappa shape index (κ1) is 17.7. The van der Waals surface area contributed by atoms with E-state index in [1.807, 2.05) is 29.1 Å². The quantitative estimate of drug-likeness (QED) is 0.357. The van der Waals surface area contributed by atoms with Gasteiger partial charge in [-0.2, -0.15) is 16.6 Å². The summed E-state index contributed by atoms with van der Waals surface area (Å²) >= 11 is 2.86. The molecule has 0 aliphatic heterocycles. The van der Waals surface area contributed by atoms with Gasteiger partial charge in [-0.3, -0.25) is 10.1 Å². The van der Waals surface area contributed by atoms with Gasteiger partial charge in [0.2, 0.25) is 0 Å². The lowest BCUT2D eigenvalue weighted by molar-refractivity contribution is -0.112. The maximum atomic E-state index is 12.3. The largest absolute Gasteiger partial charge is 0.504 e. The van der Waals surface area contributed by atoms with Gasteiger partial charge >= 0.3 is 0 Å². The molecule has 0 bridgehead atoms. The number of phenols is 2. The maximum Gasteiger partial charge on any atom is 0.268 e. The predicted octanol–water partition coefficient (Wildman–Crippen LogP) is 4.14. The van der Waals surface area contributed by atoms with Crippen molar-refractivity contribution in [2.45, 2.75) is 6.92 Å². The van der Waals surface area contributed by atoms with Gasteiger partial charge in [0.15, 0.2) is 16.6 Å². The second kappa shape index (κ2) is 7.39. The Morgan fingerprint density at radius 2 is 2.08 bits per heavy atom. The number of thiophene rings is 1. The Kier molecular flexibility index (Phi) is 5.02. The van der Waals surface area contributed by atoms with E-state index in [1.54, 1.807) is 11.3 Å². The molecule has 6 nitrogen and oxygen atoms in total. The third-order valence-electron chi connectivity index (χ3n) is 3.53. The van der Waals surface area contributed by atoms with Crippen LogP contribution in [0.25, 0.3) is 17.3 Å². The average Bonchev–Trinajstić information content (AvgIpc) is 3.24. The highest BCUT2D eigenvalue weighted by molar-refractivity contribution is 7.14. The molecule has 2 aromatic heterocycles. The highest BCUT2D eigenvalue weighted by atomic mass is 32.1. The zero-order valence-electron chi connectivity index (χ0n) is 13.6. The zero-order valence-corrected chi connectivity index (χ0v) is 15.2. The van der Waals surface area contributed by atoms with Crippen LogP contribution in [-0.4, -0.2) is 21.1 Å². The van der Waals surface area contributed by atoms with Crippen LogP contribution in [0.4, 0.5) is 5.13 Å². The van der Waals surface area contributed by atoms with Crippen LogP contribution in [-0.2, 0) is 4.79 Å². The Balaban J connectivity index is 1.79. The number of aromatic hydroxyl groups is 2. The van der Waals surface area contributed by atoms with Gasteiger partial charge in [-0.05, 0) is 41.6 Å². The van der Waals surface area contributed by atoms with E-state index in [0.29, 0.717) is 10.7 Å². The van der Waals surface area contributed by atoms with Crippen LogP contribution in [0, 0.1) is 18.3 Å². The van der Waals surface area contributed by atoms with Crippen molar-refractivity contribution in [1.82, 2.24) is 4.98 Å². The van der Waals surface area contributed by atoms with E-state index in [4.69, 9.17) is 0 Å². The summed E-state index contributed by atoms with van der Waals surface area (Å²) in [6, 6.07) is 5.86. The number of aromatic nitrogens is 1. The summed E-state index contributed by atoms with van der Waals surface area (Å²) in [6.45, 7) is 1.99. The number of thiazole rings is 1. The number of benzene rings is 1. The van der Waals surface area contributed by atoms with Crippen LogP contribution >= 0.6 is 22.7 Å². The molecular formula is C18H13N3O3S2. The topological polar surface area (TPSA) is 106 Å². The van der Waals surface area contributed by atoms with Gasteiger partial charge in [0, 0.05) is 16.3 Å². The molecular weight excluding hydrogens is 370 g/mol. The van der Waals surface area contributed by atoms with E-state index in [1.165, 1.54) is 35.6 Å². The molecule has 0 saturated heterocycles. The van der Waals surface area contributed by atoms with E-state index >= 15 is 0 Å². The molecule has 0 aliphatic rings. The second-order valence-corrected chi connectivity index (χ2v) is 6.98. The lowest BCUT2D eigenvalue weighted by Crippen LogP contribution is -2.13. The first-order valence-electron chi connectivity index (χ1n) is 7.41. The summed E-state index contributed by atoms with van der Waals surface area (Å²) in [5, 5.41) is 36.9. The molecule has 1 aromatic carbocycles. The molecule has 2 heterocycles. The molecule has 130 valence electrons. The minimum Gasteiger partial charge on any atom is -0.504 e. The number of nitriles is 1. The molecule has 3 aromatic rings. The number of anilines is 1. The van der Waals surface area contributed by atoms with Gasteiger partial charge in [0.1, 0.15) is 11.6 Å². The van der Waals surface area contributed by atoms with Gasteiger partial charge in [0.25, 0.3) is 5.91 Å². The molecule has 3 rings (SSSR count). The number of phenolic OH excluding ortho intramolecular Hbond substituents is 2. The molecule has 0 radical (unpaired) electrons. The number of carbonyl (C=O) groups is 1. The second-order valence-electron chi connectivity index (χ2n) is 5.38. The molecule has 1 amide bonds. The molecule has 0 unspecified atom stereocenters. The smallest absolute Gasteiger partial charge is 0.268 e. The number of aryl methyl sites for hydroxylation is 1. The maximum absolute atomic E-state index is 12.3. The normalized spacial score (nSPS) is 11.2. The number of amides is 1. The van der Waals surface area contributed by atoms with Crippen molar-refractivity contribution in [3.8, 4) is 28.8 Å². The molecule has 0 saturated carbocycles. The van der Waals surface area contributed by atoms with Gasteiger partial charge in [-0.1, -0.05) is 6.07 Å². The fraction of sp³-hybridized carbons (Fsp3) is 0.0556. The summed E-state index contributed by atoms with van der Waals surface area (Å²) in [5.41, 5.74) is 3.18. The molecule has 26 heavy (non-hydrogen) atoms. The van der Waals surface area contributed by atoms with Crippen molar-refractivity contribution in [1.29, 1.82) is 5.26 Å². The Morgan fingerprint density at radius 3 is 2.73 bits per heavy atom. The van der Waals surface area contributed by atoms with Crippen LogP contribution in [0.1, 0.15) is 11.1 Å². The fourth-order valence-corrected chi connectivity index (χ4v) is 3.74. The Labute approximate surface area is 157 Å². The number of hydrogen-bond donors (Lipinski definition) is 3. The van der Waals surface area contributed by atoms with Crippen LogP contribution in [0.5, 0.6) is 11.5 Å². The summed E-state index contributed by atoms with van der Waals surface area (Å²) in [7, 11) is 0. The van der Waals surface area contributed by atoms with Crippen molar-refractivity contribution in [2.24, 2.45) is 0 Å². The van der Waals surface area contributed by atoms with Gasteiger partial charge < -0.3 is 10.2 Å². The zero-order chi connectivity index (χ0) is 18.7. The summed E-state index contributed by atoms with van der Waals surface area (Å²) in [4.78, 5) is 16.7. The minimum atomic E-state index is -0.594. The lowest BCUT2D eigenvalue weighted by atomic mass is 10.1. The minimum absolute atomic E-state index is 0.140. The van der Waals surface area contributed by atoms with Crippen LogP contribution in [0.2, 0.25) is 0 Å². The molecule has 0 spiro atoms. The number of carbonyl (C=O) groups excluding carboxylic acids is 1. The summed E-state index contributed by atoms with van der Waals surface area (Å²) in [6.07, 6.45) is 1.33. The molecule has 3 N–H and O–H groups in total. The number of rotatable bonds is 4. The number of hydrogen-bond acceptors (Lipinski definition) is 7. The standard InChI is InChI=1S/C18H13N3O3S2/c1-10-7-25-8-13(10)14-9-26-18(20-14)21-17(24)12(6-19)4-11-2-3-15(22)16(23)5-11/h2-5,7-9,22-23H,1H3,(H,20,21,24)/b12-4+. The highest BCUT2D eigenvalue weighted by Crippen LogP contribution is 2.30. The van der Waals surface area contributed by atoms with Crippen LogP contribution < -0.4 is 5.32 Å². The van der Waals surface area contributed by atoms with Gasteiger partial charge in [-0.25, -0.2) is 4.98 Å². The van der Waals surface area contributed by atoms with Crippen molar-refractivity contribution < 1.29 is 15.0 Å². The van der Waals surface area contributed by atoms with Crippen molar-refractivity contribution >= 4 is 39.8 Å². The highest BCUT2D eigenvalue weighted by Gasteiger charge is 2.14. The van der Waals surface area contributed by atoms with Crippen LogP contribution in [0.3, 0.4) is 0 Å². The SMILES string of the molecule is Cc1cscc1-c1csc(NC(=O)/C(C#N)=C/c2ccc(O)c(O)c2)n1. The van der Waals surface area contributed by atoms with E-state index < -0.39 is 5.91 Å². The molecule has 0 fully saturated rings. The van der Waals surface area contributed by atoms with Gasteiger partial charge in [-0.15, -0.1) is 11.3 Å². The van der Waals surface area contributed by atoms with Crippen molar-refractivity contribution in [2.75, 3.05) is 5.32 Å². The van der Waals surface area contributed by atoms with E-state index in [0.717, 1.165) is 16.8 Å². The first-order valence-corrected chi connectivity index (χ1v) is 9.24. The lowest BCUT2D eigenvalue weighted by Gasteiger charge is -2.02. The van der Waals surface area contributed by atoms with Crippen LogP contribution in [0.15, 0.2) is 39.9 Å². The number of nitrogens with zero attached hydrogens (tertiary/aromatic N) is 2. The Morgan fingerprint density at radius 1 is 1.27 bits per heavy atom. The summed E-state index contributed by atoms with van der Waals surface area (Å²) < 4.78 is 0. The monoisotopic (exact) mass is 383 g/mol. The predicted molar refractivity (Wildman–Crippen MR) is 102 cm³/mol. The molecule has 8 heteroatoms. The van der Waals surface area contributed by atoms with Crippen molar-refractivity contribution in [3.05, 3.63) is 51.0 Å². The molecule has 0 atom stereocenters. The van der Waals surface area contributed by atoms with E-state index in [9.17, 15) is 20.3 Å². The third kappa shape index (κ3) is 3.74. The number of nitrogens with one attached hydrogen (secondary N) is 1. The first-order chi connectivity index (χ1) is 12.5. The average molecular weight is 383 g/mol.